The molecular formula is C25H20Cl3F4N3. The number of fused-ring (bicyclic) bond motifs is 2. The molecule has 0 saturated carbocycles. The van der Waals surface area contributed by atoms with E-state index in [1.54, 1.807) is 6.92 Å². The Bertz CT molecular complexity index is 1440. The van der Waals surface area contributed by atoms with Crippen LogP contribution in [0, 0.1) is 37.1 Å². The highest BCUT2D eigenvalue weighted by Gasteiger charge is 2.20. The number of piperidine rings is 1. The highest BCUT2D eigenvalue weighted by atomic mass is 35.5. The molecule has 0 bridgehead atoms. The summed E-state index contributed by atoms with van der Waals surface area (Å²) in [6, 6.07) is 3.94. The van der Waals surface area contributed by atoms with E-state index < -0.39 is 23.3 Å². The molecular weight excluding hydrogens is 525 g/mol. The van der Waals surface area contributed by atoms with Gasteiger partial charge in [0, 0.05) is 48.5 Å². The molecule has 35 heavy (non-hydrogen) atoms. The van der Waals surface area contributed by atoms with E-state index in [0.29, 0.717) is 10.6 Å². The van der Waals surface area contributed by atoms with Gasteiger partial charge in [0.25, 0.3) is 0 Å². The molecule has 1 fully saturated rings. The largest absolute Gasteiger partial charge is 0.356 e. The van der Waals surface area contributed by atoms with Crippen LogP contribution in [0.5, 0.6) is 0 Å². The number of hydrogen-bond acceptors (Lipinski definition) is 3. The van der Waals surface area contributed by atoms with Crippen molar-refractivity contribution in [3.63, 3.8) is 0 Å². The second-order valence-electron chi connectivity index (χ2n) is 8.33. The molecule has 3 heterocycles. The Labute approximate surface area is 214 Å². The smallest absolute Gasteiger partial charge is 0.137 e. The van der Waals surface area contributed by atoms with E-state index in [9.17, 15) is 17.6 Å². The van der Waals surface area contributed by atoms with Crippen molar-refractivity contribution in [2.45, 2.75) is 33.1 Å². The van der Waals surface area contributed by atoms with Gasteiger partial charge in [-0.05, 0) is 33.1 Å². The van der Waals surface area contributed by atoms with Gasteiger partial charge in [0.15, 0.2) is 0 Å². The van der Waals surface area contributed by atoms with Crippen LogP contribution in [0.25, 0.3) is 21.8 Å². The predicted octanol–water partition coefficient (Wildman–Crippen LogP) is 8.59. The summed E-state index contributed by atoms with van der Waals surface area (Å²) >= 11 is 17.9. The molecule has 184 valence electrons. The van der Waals surface area contributed by atoms with Gasteiger partial charge < -0.3 is 4.90 Å². The number of pyridine rings is 2. The first-order chi connectivity index (χ1) is 16.6. The Morgan fingerprint density at radius 1 is 0.686 bits per heavy atom. The summed E-state index contributed by atoms with van der Waals surface area (Å²) in [6.07, 6.45) is 3.42. The summed E-state index contributed by atoms with van der Waals surface area (Å²) in [6.45, 7) is 5.28. The maximum atomic E-state index is 13.9. The molecule has 10 heteroatoms. The fourth-order valence-electron chi connectivity index (χ4n) is 4.10. The fourth-order valence-corrected chi connectivity index (χ4v) is 4.88. The van der Waals surface area contributed by atoms with Crippen molar-refractivity contribution < 1.29 is 17.6 Å². The molecule has 0 spiro atoms. The number of anilines is 1. The summed E-state index contributed by atoms with van der Waals surface area (Å²) in [4.78, 5) is 10.4. The summed E-state index contributed by atoms with van der Waals surface area (Å²) < 4.78 is 53.6. The van der Waals surface area contributed by atoms with Crippen molar-refractivity contribution in [3.8, 4) is 0 Å². The first-order valence-electron chi connectivity index (χ1n) is 10.9. The van der Waals surface area contributed by atoms with Crippen LogP contribution in [-0.2, 0) is 0 Å². The number of nitrogens with zero attached hydrogens (tertiary/aromatic N) is 3. The first kappa shape index (κ1) is 25.7. The fraction of sp³-hybridized carbons (Fsp3) is 0.280. The highest BCUT2D eigenvalue weighted by molar-refractivity contribution is 6.39. The lowest BCUT2D eigenvalue weighted by Gasteiger charge is -2.29. The van der Waals surface area contributed by atoms with E-state index in [1.165, 1.54) is 12.5 Å². The van der Waals surface area contributed by atoms with Crippen LogP contribution in [0.15, 0.2) is 24.3 Å². The van der Waals surface area contributed by atoms with Gasteiger partial charge in [0.2, 0.25) is 0 Å². The Balaban J connectivity index is 0.000000172. The Morgan fingerprint density at radius 3 is 1.71 bits per heavy atom. The highest BCUT2D eigenvalue weighted by Crippen LogP contribution is 2.35. The van der Waals surface area contributed by atoms with E-state index in [4.69, 9.17) is 34.8 Å². The number of hydrogen-bond donors (Lipinski definition) is 0. The molecule has 0 N–H and O–H groups in total. The quantitative estimate of drug-likeness (QED) is 0.177. The molecule has 1 saturated heterocycles. The third-order valence-corrected chi connectivity index (χ3v) is 7.22. The molecule has 0 amide bonds. The zero-order chi connectivity index (χ0) is 25.4. The van der Waals surface area contributed by atoms with E-state index in [2.05, 4.69) is 14.9 Å². The zero-order valence-electron chi connectivity index (χ0n) is 18.8. The molecule has 0 atom stereocenters. The third-order valence-electron chi connectivity index (χ3n) is 5.91. The monoisotopic (exact) mass is 543 g/mol. The average molecular weight is 545 g/mol. The van der Waals surface area contributed by atoms with Crippen LogP contribution < -0.4 is 4.90 Å². The minimum absolute atomic E-state index is 0.0972. The van der Waals surface area contributed by atoms with Gasteiger partial charge in [0.1, 0.15) is 34.2 Å². The number of rotatable bonds is 1. The van der Waals surface area contributed by atoms with E-state index in [1.807, 2.05) is 6.92 Å². The van der Waals surface area contributed by atoms with Crippen LogP contribution >= 0.6 is 34.8 Å². The number of halogens is 7. The number of benzene rings is 2. The maximum Gasteiger partial charge on any atom is 0.137 e. The molecule has 1 aliphatic heterocycles. The first-order valence-corrected chi connectivity index (χ1v) is 12.0. The van der Waals surface area contributed by atoms with E-state index in [-0.39, 0.29) is 32.0 Å². The van der Waals surface area contributed by atoms with Crippen molar-refractivity contribution in [2.75, 3.05) is 18.0 Å². The maximum absolute atomic E-state index is 13.9. The lowest BCUT2D eigenvalue weighted by atomic mass is 10.1. The van der Waals surface area contributed by atoms with Gasteiger partial charge in [-0.25, -0.2) is 27.5 Å². The second-order valence-corrected chi connectivity index (χ2v) is 9.44. The third kappa shape index (κ3) is 5.13. The van der Waals surface area contributed by atoms with Crippen LogP contribution in [0.2, 0.25) is 15.2 Å². The molecule has 3 nitrogen and oxygen atoms in total. The Morgan fingerprint density at radius 2 is 1.17 bits per heavy atom. The predicted molar refractivity (Wildman–Crippen MR) is 134 cm³/mol. The summed E-state index contributed by atoms with van der Waals surface area (Å²) in [5.74, 6) is -1.99. The van der Waals surface area contributed by atoms with Crippen molar-refractivity contribution in [1.82, 2.24) is 9.97 Å². The molecule has 2 aromatic heterocycles. The standard InChI is InChI=1S/C15H15ClF2N2.C10H5Cl2F2N/c1-9-14(16)13-11(18)7-10(17)8-12(13)19-15(9)20-5-3-2-4-6-20;1-4-9(11)8-6(14)2-5(13)3-7(8)15-10(4)12/h7-8H,2-6H2,1H3;2-3H,1H3. The number of aromatic nitrogens is 2. The molecule has 0 radical (unpaired) electrons. The SMILES string of the molecule is Cc1c(Cl)nc2cc(F)cc(F)c2c1Cl.Cc1c(N2CCCCC2)nc2cc(F)cc(F)c2c1Cl. The van der Waals surface area contributed by atoms with Crippen LogP contribution in [0.1, 0.15) is 30.4 Å². The van der Waals surface area contributed by atoms with Crippen molar-refractivity contribution in [2.24, 2.45) is 0 Å². The van der Waals surface area contributed by atoms with Crippen molar-refractivity contribution in [3.05, 3.63) is 73.9 Å². The van der Waals surface area contributed by atoms with Gasteiger partial charge in [-0.2, -0.15) is 0 Å². The molecule has 4 aromatic rings. The normalized spacial score (nSPS) is 13.8. The Kier molecular flexibility index (Phi) is 7.60. The Hall–Kier alpha value is -2.35. The van der Waals surface area contributed by atoms with Crippen molar-refractivity contribution in [1.29, 1.82) is 0 Å². The summed E-state index contributed by atoms with van der Waals surface area (Å²) in [5.41, 5.74) is 1.63. The van der Waals surface area contributed by atoms with Gasteiger partial charge in [-0.15, -0.1) is 0 Å². The summed E-state index contributed by atoms with van der Waals surface area (Å²) in [7, 11) is 0. The second kappa shape index (κ2) is 10.3. The van der Waals surface area contributed by atoms with Gasteiger partial charge in [-0.3, -0.25) is 0 Å². The minimum Gasteiger partial charge on any atom is -0.356 e. The minimum atomic E-state index is -0.734. The lowest BCUT2D eigenvalue weighted by molar-refractivity contribution is 0.572. The van der Waals surface area contributed by atoms with E-state index >= 15 is 0 Å². The summed E-state index contributed by atoms with van der Waals surface area (Å²) in [5, 5.41) is 0.944. The average Bonchev–Trinajstić information content (AvgIpc) is 2.80. The van der Waals surface area contributed by atoms with Crippen LogP contribution in [-0.4, -0.2) is 23.1 Å². The molecule has 1 aliphatic rings. The van der Waals surface area contributed by atoms with Crippen molar-refractivity contribution >= 4 is 62.4 Å². The van der Waals surface area contributed by atoms with Crippen LogP contribution in [0.3, 0.4) is 0 Å². The molecule has 5 rings (SSSR count). The molecule has 0 unspecified atom stereocenters. The van der Waals surface area contributed by atoms with Gasteiger partial charge in [-0.1, -0.05) is 34.8 Å². The lowest BCUT2D eigenvalue weighted by Crippen LogP contribution is -2.30. The molecule has 0 aliphatic carbocycles. The topological polar surface area (TPSA) is 29.0 Å². The van der Waals surface area contributed by atoms with Crippen LogP contribution in [0.4, 0.5) is 23.4 Å². The van der Waals surface area contributed by atoms with E-state index in [0.717, 1.165) is 55.5 Å². The zero-order valence-corrected chi connectivity index (χ0v) is 21.1. The van der Waals surface area contributed by atoms with Gasteiger partial charge >= 0.3 is 0 Å². The van der Waals surface area contributed by atoms with Gasteiger partial charge in [0.05, 0.1) is 31.9 Å². The molecule has 2 aromatic carbocycles.